The second-order valence-corrected chi connectivity index (χ2v) is 6.56. The number of nitrogens with one attached hydrogen (secondary N) is 1. The highest BCUT2D eigenvalue weighted by Gasteiger charge is 2.19. The van der Waals surface area contributed by atoms with Gasteiger partial charge in [-0.25, -0.2) is 0 Å². The Morgan fingerprint density at radius 3 is 2.71 bits per heavy atom. The highest BCUT2D eigenvalue weighted by atomic mass is 79.9. The summed E-state index contributed by atoms with van der Waals surface area (Å²) in [6.07, 6.45) is 3.72. The van der Waals surface area contributed by atoms with Crippen molar-refractivity contribution in [3.8, 4) is 0 Å². The number of aromatic nitrogens is 2. The molecule has 0 aliphatic carbocycles. The van der Waals surface area contributed by atoms with Crippen LogP contribution in [0.25, 0.3) is 0 Å². The van der Waals surface area contributed by atoms with Gasteiger partial charge in [0.15, 0.2) is 0 Å². The summed E-state index contributed by atoms with van der Waals surface area (Å²) >= 11 is 15.7. The van der Waals surface area contributed by atoms with Crippen LogP contribution in [0, 0.1) is 0 Å². The maximum atomic E-state index is 6.10. The van der Waals surface area contributed by atoms with Crippen LogP contribution in [-0.4, -0.2) is 16.8 Å². The van der Waals surface area contributed by atoms with Gasteiger partial charge in [0.2, 0.25) is 0 Å². The third-order valence-electron chi connectivity index (χ3n) is 3.37. The summed E-state index contributed by atoms with van der Waals surface area (Å²) in [5.74, 6) is 0. The van der Waals surface area contributed by atoms with Gasteiger partial charge in [-0.05, 0) is 53.5 Å². The Kier molecular flexibility index (Phi) is 6.11. The molecule has 2 aromatic rings. The first-order chi connectivity index (χ1) is 10.1. The summed E-state index contributed by atoms with van der Waals surface area (Å²) in [4.78, 5) is 0. The van der Waals surface area contributed by atoms with Crippen molar-refractivity contribution in [2.24, 2.45) is 0 Å². The SMILES string of the molecule is CCCn1ncc(Br)c1C(Cc1ccc(Cl)c(Cl)c1)NC. The van der Waals surface area contributed by atoms with Crippen molar-refractivity contribution >= 4 is 39.1 Å². The van der Waals surface area contributed by atoms with E-state index in [-0.39, 0.29) is 6.04 Å². The zero-order chi connectivity index (χ0) is 15.4. The number of hydrogen-bond acceptors (Lipinski definition) is 2. The van der Waals surface area contributed by atoms with Gasteiger partial charge in [-0.3, -0.25) is 4.68 Å². The molecule has 1 aromatic heterocycles. The van der Waals surface area contributed by atoms with Crippen molar-refractivity contribution in [2.45, 2.75) is 32.4 Å². The van der Waals surface area contributed by atoms with Gasteiger partial charge < -0.3 is 5.32 Å². The van der Waals surface area contributed by atoms with Gasteiger partial charge in [0, 0.05) is 6.54 Å². The topological polar surface area (TPSA) is 29.9 Å². The van der Waals surface area contributed by atoms with E-state index in [4.69, 9.17) is 23.2 Å². The van der Waals surface area contributed by atoms with Crippen LogP contribution >= 0.6 is 39.1 Å². The molecule has 114 valence electrons. The van der Waals surface area contributed by atoms with Crippen molar-refractivity contribution in [3.05, 3.63) is 50.2 Å². The van der Waals surface area contributed by atoms with E-state index in [0.717, 1.165) is 35.1 Å². The van der Waals surface area contributed by atoms with Crippen LogP contribution in [0.5, 0.6) is 0 Å². The van der Waals surface area contributed by atoms with Crippen LogP contribution in [0.1, 0.15) is 30.6 Å². The highest BCUT2D eigenvalue weighted by Crippen LogP contribution is 2.29. The van der Waals surface area contributed by atoms with E-state index in [1.54, 1.807) is 0 Å². The largest absolute Gasteiger partial charge is 0.311 e. The molecule has 1 heterocycles. The lowest BCUT2D eigenvalue weighted by atomic mass is 10.0. The molecule has 0 aliphatic heterocycles. The lowest BCUT2D eigenvalue weighted by molar-refractivity contribution is 0.495. The third kappa shape index (κ3) is 4.01. The summed E-state index contributed by atoms with van der Waals surface area (Å²) in [7, 11) is 1.96. The molecule has 1 N–H and O–H groups in total. The molecule has 21 heavy (non-hydrogen) atoms. The quantitative estimate of drug-likeness (QED) is 0.762. The summed E-state index contributed by atoms with van der Waals surface area (Å²) in [6.45, 7) is 3.05. The molecular formula is C15H18BrCl2N3. The minimum absolute atomic E-state index is 0.158. The number of hydrogen-bond donors (Lipinski definition) is 1. The predicted octanol–water partition coefficient (Wildman–Crippen LogP) is 4.87. The monoisotopic (exact) mass is 389 g/mol. The van der Waals surface area contributed by atoms with Crippen LogP contribution in [0.2, 0.25) is 10.0 Å². The van der Waals surface area contributed by atoms with Crippen molar-refractivity contribution in [3.63, 3.8) is 0 Å². The second-order valence-electron chi connectivity index (χ2n) is 4.89. The molecule has 3 nitrogen and oxygen atoms in total. The summed E-state index contributed by atoms with van der Waals surface area (Å²) < 4.78 is 3.07. The molecule has 1 aromatic carbocycles. The van der Waals surface area contributed by atoms with Gasteiger partial charge in [0.25, 0.3) is 0 Å². The molecule has 0 radical (unpaired) electrons. The zero-order valence-corrected chi connectivity index (χ0v) is 15.1. The van der Waals surface area contributed by atoms with Crippen LogP contribution in [0.3, 0.4) is 0 Å². The minimum atomic E-state index is 0.158. The second kappa shape index (κ2) is 7.63. The maximum absolute atomic E-state index is 6.10. The fourth-order valence-electron chi connectivity index (χ4n) is 2.35. The number of halogens is 3. The normalized spacial score (nSPS) is 12.6. The van der Waals surface area contributed by atoms with E-state index in [2.05, 4.69) is 33.3 Å². The number of likely N-dealkylation sites (N-methyl/N-ethyl adjacent to an activating group) is 1. The lowest BCUT2D eigenvalue weighted by Crippen LogP contribution is -2.23. The molecule has 0 saturated carbocycles. The predicted molar refractivity (Wildman–Crippen MR) is 92.2 cm³/mol. The number of rotatable bonds is 6. The van der Waals surface area contributed by atoms with Gasteiger partial charge in [0.1, 0.15) is 0 Å². The van der Waals surface area contributed by atoms with Crippen LogP contribution < -0.4 is 5.32 Å². The van der Waals surface area contributed by atoms with Crippen molar-refractivity contribution in [1.29, 1.82) is 0 Å². The smallest absolute Gasteiger partial charge is 0.0698 e. The first-order valence-electron chi connectivity index (χ1n) is 6.89. The molecule has 1 unspecified atom stereocenters. The molecule has 2 rings (SSSR count). The van der Waals surface area contributed by atoms with E-state index in [0.29, 0.717) is 10.0 Å². The molecule has 0 fully saturated rings. The summed E-state index contributed by atoms with van der Waals surface area (Å²) in [5.41, 5.74) is 2.30. The van der Waals surface area contributed by atoms with E-state index < -0.39 is 0 Å². The fourth-order valence-corrected chi connectivity index (χ4v) is 3.24. The Morgan fingerprint density at radius 2 is 2.10 bits per heavy atom. The number of nitrogens with zero attached hydrogens (tertiary/aromatic N) is 2. The Labute approximate surface area is 143 Å². The molecule has 0 bridgehead atoms. The summed E-state index contributed by atoms with van der Waals surface area (Å²) in [5, 5.41) is 8.96. The molecule has 0 aliphatic rings. The fraction of sp³-hybridized carbons (Fsp3) is 0.400. The zero-order valence-electron chi connectivity index (χ0n) is 12.0. The highest BCUT2D eigenvalue weighted by molar-refractivity contribution is 9.10. The van der Waals surface area contributed by atoms with Gasteiger partial charge >= 0.3 is 0 Å². The average Bonchev–Trinajstić information content (AvgIpc) is 2.82. The van der Waals surface area contributed by atoms with E-state index in [1.807, 2.05) is 36.1 Å². The number of aryl methyl sites for hydroxylation is 1. The number of benzene rings is 1. The van der Waals surface area contributed by atoms with Gasteiger partial charge in [-0.1, -0.05) is 36.2 Å². The Bertz CT molecular complexity index is 613. The van der Waals surface area contributed by atoms with Crippen LogP contribution in [0.15, 0.2) is 28.9 Å². The van der Waals surface area contributed by atoms with E-state index >= 15 is 0 Å². The van der Waals surface area contributed by atoms with E-state index in [9.17, 15) is 0 Å². The van der Waals surface area contributed by atoms with Crippen molar-refractivity contribution in [1.82, 2.24) is 15.1 Å². The third-order valence-corrected chi connectivity index (χ3v) is 4.72. The first kappa shape index (κ1) is 16.8. The Balaban J connectivity index is 2.27. The lowest BCUT2D eigenvalue weighted by Gasteiger charge is -2.19. The molecule has 0 saturated heterocycles. The van der Waals surface area contributed by atoms with Crippen LogP contribution in [0.4, 0.5) is 0 Å². The Hall–Kier alpha value is -0.550. The van der Waals surface area contributed by atoms with E-state index in [1.165, 1.54) is 0 Å². The maximum Gasteiger partial charge on any atom is 0.0698 e. The molecular weight excluding hydrogens is 373 g/mol. The van der Waals surface area contributed by atoms with Gasteiger partial charge in [0.05, 0.1) is 32.5 Å². The minimum Gasteiger partial charge on any atom is -0.311 e. The summed E-state index contributed by atoms with van der Waals surface area (Å²) in [6, 6.07) is 5.92. The van der Waals surface area contributed by atoms with Gasteiger partial charge in [-0.2, -0.15) is 5.10 Å². The van der Waals surface area contributed by atoms with Crippen molar-refractivity contribution in [2.75, 3.05) is 7.05 Å². The first-order valence-corrected chi connectivity index (χ1v) is 8.44. The molecule has 0 amide bonds. The average molecular weight is 391 g/mol. The molecule has 1 atom stereocenters. The standard InChI is InChI=1S/C15H18BrCl2N3/c1-3-6-21-15(11(16)9-20-21)14(19-2)8-10-4-5-12(17)13(18)7-10/h4-5,7,9,14,19H,3,6,8H2,1-2H3. The Morgan fingerprint density at radius 1 is 1.33 bits per heavy atom. The van der Waals surface area contributed by atoms with Gasteiger partial charge in [-0.15, -0.1) is 0 Å². The molecule has 0 spiro atoms. The van der Waals surface area contributed by atoms with Crippen molar-refractivity contribution < 1.29 is 0 Å². The van der Waals surface area contributed by atoms with Crippen LogP contribution in [-0.2, 0) is 13.0 Å². The molecule has 6 heteroatoms.